The number of ether oxygens (including phenoxy) is 1. The van der Waals surface area contributed by atoms with Crippen molar-refractivity contribution in [3.63, 3.8) is 0 Å². The van der Waals surface area contributed by atoms with Crippen molar-refractivity contribution in [1.29, 1.82) is 0 Å². The largest absolute Gasteiger partial charge is 0.483 e. The molecule has 30 heavy (non-hydrogen) atoms. The molecule has 0 radical (unpaired) electrons. The highest BCUT2D eigenvalue weighted by atomic mass is 16.5. The van der Waals surface area contributed by atoms with Crippen LogP contribution < -0.4 is 26.6 Å². The van der Waals surface area contributed by atoms with Crippen molar-refractivity contribution in [3.05, 3.63) is 50.2 Å². The van der Waals surface area contributed by atoms with Crippen LogP contribution in [0.5, 0.6) is 5.75 Å². The van der Waals surface area contributed by atoms with E-state index in [9.17, 15) is 14.4 Å². The number of nitrogens with one attached hydrogen (secondary N) is 1. The summed E-state index contributed by atoms with van der Waals surface area (Å²) in [5.41, 5.74) is 6.94. The fourth-order valence-corrected chi connectivity index (χ4v) is 3.25. The summed E-state index contributed by atoms with van der Waals surface area (Å²) < 4.78 is 7.02. The number of amides is 1. The quantitative estimate of drug-likeness (QED) is 0.687. The number of hydrogen-bond donors (Lipinski definition) is 2. The minimum absolute atomic E-state index is 0.0156. The summed E-state index contributed by atoms with van der Waals surface area (Å²) >= 11 is 0. The van der Waals surface area contributed by atoms with Crippen molar-refractivity contribution in [3.8, 4) is 5.75 Å². The maximum atomic E-state index is 13.1. The van der Waals surface area contributed by atoms with Gasteiger partial charge in [0, 0.05) is 13.1 Å². The Hall–Kier alpha value is -3.03. The minimum Gasteiger partial charge on any atom is -0.483 e. The molecule has 0 saturated carbocycles. The number of carbonyl (C=O) groups excluding carboxylic acids is 1. The third kappa shape index (κ3) is 5.52. The number of carbonyl (C=O) groups is 1. The highest BCUT2D eigenvalue weighted by Crippen LogP contribution is 2.21. The van der Waals surface area contributed by atoms with Gasteiger partial charge in [0.05, 0.1) is 0 Å². The topological polar surface area (TPSA) is 110 Å². The number of hydrogen-bond acceptors (Lipinski definition) is 5. The summed E-state index contributed by atoms with van der Waals surface area (Å²) in [7, 11) is 0. The van der Waals surface area contributed by atoms with E-state index >= 15 is 0 Å². The third-order valence-corrected chi connectivity index (χ3v) is 4.56. The number of aryl methyl sites for hydroxylation is 2. The second-order valence-electron chi connectivity index (χ2n) is 8.45. The molecule has 2 rings (SSSR count). The molecule has 2 aromatic rings. The third-order valence-electron chi connectivity index (χ3n) is 4.56. The summed E-state index contributed by atoms with van der Waals surface area (Å²) in [5, 5.41) is 0. The van der Waals surface area contributed by atoms with Crippen molar-refractivity contribution in [2.45, 2.75) is 48.1 Å². The van der Waals surface area contributed by atoms with Crippen LogP contribution in [-0.2, 0) is 11.3 Å². The molecule has 0 saturated heterocycles. The van der Waals surface area contributed by atoms with E-state index in [1.807, 2.05) is 59.7 Å². The molecule has 0 aliphatic carbocycles. The van der Waals surface area contributed by atoms with Crippen molar-refractivity contribution in [2.24, 2.45) is 11.8 Å². The van der Waals surface area contributed by atoms with Crippen LogP contribution in [0.3, 0.4) is 0 Å². The van der Waals surface area contributed by atoms with E-state index in [2.05, 4.69) is 4.98 Å². The molecule has 1 heterocycles. The Labute approximate surface area is 176 Å². The van der Waals surface area contributed by atoms with Gasteiger partial charge in [-0.1, -0.05) is 45.4 Å². The second-order valence-corrected chi connectivity index (χ2v) is 8.45. The van der Waals surface area contributed by atoms with Crippen LogP contribution in [0.25, 0.3) is 0 Å². The monoisotopic (exact) mass is 416 g/mol. The van der Waals surface area contributed by atoms with Crippen molar-refractivity contribution < 1.29 is 9.53 Å². The van der Waals surface area contributed by atoms with Gasteiger partial charge in [-0.2, -0.15) is 0 Å². The fraction of sp³-hybridized carbons (Fsp3) is 0.500. The van der Waals surface area contributed by atoms with Gasteiger partial charge in [-0.25, -0.2) is 4.79 Å². The summed E-state index contributed by atoms with van der Waals surface area (Å²) in [6.45, 7) is 12.0. The van der Waals surface area contributed by atoms with E-state index in [0.29, 0.717) is 12.3 Å². The Morgan fingerprint density at radius 1 is 1.17 bits per heavy atom. The van der Waals surface area contributed by atoms with E-state index in [1.54, 1.807) is 0 Å². The second kappa shape index (κ2) is 9.65. The first-order valence-corrected chi connectivity index (χ1v) is 10.1. The standard InChI is InChI=1S/C22H32N4O4/c1-13(2)10-25(18(27)12-30-17-8-7-15(5)9-16(17)6)19-20(23)26(11-14(3)4)22(29)24-21(19)28/h7-9,13-14H,10-12,23H2,1-6H3,(H,24,28,29). The Bertz CT molecular complexity index is 1020. The Morgan fingerprint density at radius 3 is 2.40 bits per heavy atom. The molecule has 164 valence electrons. The van der Waals surface area contributed by atoms with Gasteiger partial charge in [-0.05, 0) is 37.3 Å². The van der Waals surface area contributed by atoms with Crippen LogP contribution in [0.15, 0.2) is 27.8 Å². The number of anilines is 2. The van der Waals surface area contributed by atoms with Gasteiger partial charge in [-0.15, -0.1) is 0 Å². The molecule has 1 amide bonds. The highest BCUT2D eigenvalue weighted by Gasteiger charge is 2.25. The predicted molar refractivity (Wildman–Crippen MR) is 119 cm³/mol. The molecule has 0 fully saturated rings. The molecule has 0 atom stereocenters. The normalized spacial score (nSPS) is 11.2. The minimum atomic E-state index is -0.682. The molecule has 0 aliphatic heterocycles. The SMILES string of the molecule is Cc1ccc(OCC(=O)N(CC(C)C)c2c(N)n(CC(C)C)c(=O)[nH]c2=O)c(C)c1. The summed E-state index contributed by atoms with van der Waals surface area (Å²) in [5.74, 6) is 0.379. The molecule has 0 bridgehead atoms. The molecule has 0 aliphatic rings. The lowest BCUT2D eigenvalue weighted by Gasteiger charge is -2.26. The molecule has 8 heteroatoms. The van der Waals surface area contributed by atoms with E-state index < -0.39 is 17.2 Å². The van der Waals surface area contributed by atoms with Crippen LogP contribution in [0.4, 0.5) is 11.5 Å². The zero-order valence-corrected chi connectivity index (χ0v) is 18.6. The van der Waals surface area contributed by atoms with Gasteiger partial charge in [-0.3, -0.25) is 19.1 Å². The molecular formula is C22H32N4O4. The number of rotatable bonds is 8. The van der Waals surface area contributed by atoms with Crippen molar-refractivity contribution in [1.82, 2.24) is 9.55 Å². The maximum Gasteiger partial charge on any atom is 0.330 e. The lowest BCUT2D eigenvalue weighted by atomic mass is 10.1. The van der Waals surface area contributed by atoms with E-state index in [-0.39, 0.29) is 36.5 Å². The Kier molecular flexibility index (Phi) is 7.48. The number of H-pyrrole nitrogens is 1. The Balaban J connectivity index is 2.40. The molecule has 0 unspecified atom stereocenters. The average Bonchev–Trinajstić information content (AvgIpc) is 2.62. The van der Waals surface area contributed by atoms with E-state index in [1.165, 1.54) is 9.47 Å². The van der Waals surface area contributed by atoms with Gasteiger partial charge in [0.15, 0.2) is 12.3 Å². The van der Waals surface area contributed by atoms with Crippen LogP contribution in [0.1, 0.15) is 38.8 Å². The number of benzene rings is 1. The predicted octanol–water partition coefficient (Wildman–Crippen LogP) is 2.46. The van der Waals surface area contributed by atoms with Crippen LogP contribution in [0, 0.1) is 25.7 Å². The first-order chi connectivity index (χ1) is 14.0. The van der Waals surface area contributed by atoms with Crippen molar-refractivity contribution in [2.75, 3.05) is 23.8 Å². The molecule has 1 aromatic heterocycles. The van der Waals surface area contributed by atoms with Crippen LogP contribution >= 0.6 is 0 Å². The highest BCUT2D eigenvalue weighted by molar-refractivity contribution is 5.96. The van der Waals surface area contributed by atoms with E-state index in [4.69, 9.17) is 10.5 Å². The molecule has 1 aromatic carbocycles. The van der Waals surface area contributed by atoms with Gasteiger partial charge >= 0.3 is 5.69 Å². The summed E-state index contributed by atoms with van der Waals surface area (Å²) in [4.78, 5) is 41.5. The van der Waals surface area contributed by atoms with Crippen LogP contribution in [-0.4, -0.2) is 28.6 Å². The van der Waals surface area contributed by atoms with Gasteiger partial charge in [0.25, 0.3) is 11.5 Å². The molecule has 3 N–H and O–H groups in total. The summed E-state index contributed by atoms with van der Waals surface area (Å²) in [6.07, 6.45) is 0. The van der Waals surface area contributed by atoms with E-state index in [0.717, 1.165) is 11.1 Å². The lowest BCUT2D eigenvalue weighted by molar-refractivity contribution is -0.120. The van der Waals surface area contributed by atoms with Crippen LogP contribution in [0.2, 0.25) is 0 Å². The van der Waals surface area contributed by atoms with Gasteiger partial charge in [0.1, 0.15) is 11.6 Å². The molecular weight excluding hydrogens is 384 g/mol. The smallest absolute Gasteiger partial charge is 0.330 e. The maximum absolute atomic E-state index is 13.1. The molecule has 8 nitrogen and oxygen atoms in total. The number of nitrogens with zero attached hydrogens (tertiary/aromatic N) is 2. The summed E-state index contributed by atoms with van der Waals surface area (Å²) in [6, 6.07) is 5.69. The molecule has 0 spiro atoms. The first kappa shape index (κ1) is 23.3. The number of nitrogen functional groups attached to an aromatic ring is 1. The number of aromatic nitrogens is 2. The van der Waals surface area contributed by atoms with Gasteiger partial charge in [0.2, 0.25) is 0 Å². The average molecular weight is 417 g/mol. The Morgan fingerprint density at radius 2 is 1.83 bits per heavy atom. The first-order valence-electron chi connectivity index (χ1n) is 10.1. The zero-order chi connectivity index (χ0) is 22.6. The zero-order valence-electron chi connectivity index (χ0n) is 18.6. The lowest BCUT2D eigenvalue weighted by Crippen LogP contribution is -2.44. The number of aromatic amines is 1. The van der Waals surface area contributed by atoms with Crippen molar-refractivity contribution >= 4 is 17.4 Å². The van der Waals surface area contributed by atoms with Gasteiger partial charge < -0.3 is 15.4 Å². The fourth-order valence-electron chi connectivity index (χ4n) is 3.25. The number of nitrogens with two attached hydrogens (primary N) is 1.